The number of hydrogen-bond donors (Lipinski definition) is 1. The molecule has 20 heavy (non-hydrogen) atoms. The number of carbonyl (C=O) groups is 2. The predicted octanol–water partition coefficient (Wildman–Crippen LogP) is -1.03. The van der Waals surface area contributed by atoms with Crippen LogP contribution in [0.2, 0.25) is 0 Å². The quantitative estimate of drug-likeness (QED) is 0.751. The molecule has 1 N–H and O–H groups in total. The van der Waals surface area contributed by atoms with Crippen LogP contribution in [-0.4, -0.2) is 54.1 Å². The lowest BCUT2D eigenvalue weighted by atomic mass is 10.1. The number of ether oxygens (including phenoxy) is 1. The Labute approximate surface area is 116 Å². The summed E-state index contributed by atoms with van der Waals surface area (Å²) >= 11 is 0. The molecule has 108 valence electrons. The molecular weight excluding hydrogens is 262 g/mol. The highest BCUT2D eigenvalue weighted by molar-refractivity contribution is 5.97. The molecule has 1 atom stereocenters. The molecule has 1 fully saturated rings. The van der Waals surface area contributed by atoms with Crippen LogP contribution in [0, 0.1) is 0 Å². The predicted molar refractivity (Wildman–Crippen MR) is 71.4 cm³/mol. The van der Waals surface area contributed by atoms with Gasteiger partial charge in [0.1, 0.15) is 6.04 Å². The van der Waals surface area contributed by atoms with Crippen molar-refractivity contribution in [2.24, 2.45) is 7.05 Å². The number of aromatic nitrogens is 1. The fourth-order valence-electron chi connectivity index (χ4n) is 2.08. The largest absolute Gasteiger partial charge is 0.377 e. The molecule has 0 aromatic carbocycles. The Morgan fingerprint density at radius 2 is 2.20 bits per heavy atom. The fourth-order valence-corrected chi connectivity index (χ4v) is 2.08. The van der Waals surface area contributed by atoms with Crippen molar-refractivity contribution in [2.45, 2.75) is 6.04 Å². The number of morpholine rings is 1. The molecule has 1 unspecified atom stereocenters. The Hall–Kier alpha value is -2.15. The van der Waals surface area contributed by atoms with Crippen LogP contribution in [-0.2, 0) is 16.6 Å². The first-order valence-electron chi connectivity index (χ1n) is 6.31. The molecule has 1 saturated heterocycles. The number of rotatable bonds is 2. The van der Waals surface area contributed by atoms with Crippen molar-refractivity contribution in [1.29, 1.82) is 0 Å². The second kappa shape index (κ2) is 5.87. The zero-order valence-corrected chi connectivity index (χ0v) is 11.5. The molecule has 0 spiro atoms. The van der Waals surface area contributed by atoms with Crippen molar-refractivity contribution in [3.05, 3.63) is 34.2 Å². The molecule has 2 rings (SSSR count). The van der Waals surface area contributed by atoms with Gasteiger partial charge in [0.2, 0.25) is 5.91 Å². The van der Waals surface area contributed by atoms with Crippen molar-refractivity contribution in [3.63, 3.8) is 0 Å². The second-order valence-corrected chi connectivity index (χ2v) is 4.57. The van der Waals surface area contributed by atoms with E-state index in [1.165, 1.54) is 28.8 Å². The first kappa shape index (κ1) is 14.3. The summed E-state index contributed by atoms with van der Waals surface area (Å²) in [5.74, 6) is -0.610. The Kier molecular flexibility index (Phi) is 4.19. The smallest absolute Gasteiger partial charge is 0.254 e. The number of likely N-dealkylation sites (N-methyl/N-ethyl adjacent to an activating group) is 1. The molecule has 0 aliphatic carbocycles. The molecule has 2 amide bonds. The Bertz CT molecular complexity index is 581. The lowest BCUT2D eigenvalue weighted by Gasteiger charge is -2.34. The van der Waals surface area contributed by atoms with Gasteiger partial charge in [-0.25, -0.2) is 0 Å². The van der Waals surface area contributed by atoms with Crippen LogP contribution < -0.4 is 10.9 Å². The standard InChI is InChI=1S/C13H17N3O4/c1-14-12(18)10-8-20-6-5-16(10)13(19)9-3-4-15(2)11(17)7-9/h3-4,7,10H,5-6,8H2,1-2H3,(H,14,18). The number of nitrogens with one attached hydrogen (secondary N) is 1. The van der Waals surface area contributed by atoms with E-state index >= 15 is 0 Å². The van der Waals surface area contributed by atoms with Gasteiger partial charge in [0, 0.05) is 38.5 Å². The molecule has 0 saturated carbocycles. The third kappa shape index (κ3) is 2.72. The summed E-state index contributed by atoms with van der Waals surface area (Å²) in [6.45, 7) is 0.868. The van der Waals surface area contributed by atoms with Crippen LogP contribution in [0.3, 0.4) is 0 Å². The molecule has 7 nitrogen and oxygen atoms in total. The first-order valence-corrected chi connectivity index (χ1v) is 6.31. The van der Waals surface area contributed by atoms with E-state index in [9.17, 15) is 14.4 Å². The number of carbonyl (C=O) groups excluding carboxylic acids is 2. The fraction of sp³-hybridized carbons (Fsp3) is 0.462. The third-order valence-corrected chi connectivity index (χ3v) is 3.29. The van der Waals surface area contributed by atoms with E-state index in [4.69, 9.17) is 4.74 Å². The molecule has 1 aliphatic rings. The van der Waals surface area contributed by atoms with Gasteiger partial charge in [0.25, 0.3) is 11.5 Å². The summed E-state index contributed by atoms with van der Waals surface area (Å²) in [7, 11) is 3.12. The van der Waals surface area contributed by atoms with E-state index in [-0.39, 0.29) is 29.5 Å². The van der Waals surface area contributed by atoms with Crippen molar-refractivity contribution in [1.82, 2.24) is 14.8 Å². The van der Waals surface area contributed by atoms with E-state index in [0.717, 1.165) is 0 Å². The zero-order chi connectivity index (χ0) is 14.7. The average molecular weight is 279 g/mol. The van der Waals surface area contributed by atoms with E-state index in [0.29, 0.717) is 13.2 Å². The minimum atomic E-state index is -0.662. The third-order valence-electron chi connectivity index (χ3n) is 3.29. The van der Waals surface area contributed by atoms with E-state index in [1.807, 2.05) is 0 Å². The summed E-state index contributed by atoms with van der Waals surface area (Å²) in [6, 6.07) is 2.18. The number of aryl methyl sites for hydroxylation is 1. The van der Waals surface area contributed by atoms with Crippen molar-refractivity contribution < 1.29 is 14.3 Å². The molecule has 0 bridgehead atoms. The molecule has 1 aromatic heterocycles. The van der Waals surface area contributed by atoms with Gasteiger partial charge in [0.15, 0.2) is 0 Å². The SMILES string of the molecule is CNC(=O)C1COCCN1C(=O)c1ccn(C)c(=O)c1. The van der Waals surface area contributed by atoms with Crippen LogP contribution in [0.5, 0.6) is 0 Å². The van der Waals surface area contributed by atoms with Gasteiger partial charge in [-0.15, -0.1) is 0 Å². The Morgan fingerprint density at radius 3 is 2.85 bits per heavy atom. The van der Waals surface area contributed by atoms with Gasteiger partial charge >= 0.3 is 0 Å². The second-order valence-electron chi connectivity index (χ2n) is 4.57. The highest BCUT2D eigenvalue weighted by Crippen LogP contribution is 2.12. The van der Waals surface area contributed by atoms with Crippen LogP contribution in [0.1, 0.15) is 10.4 Å². The van der Waals surface area contributed by atoms with Crippen molar-refractivity contribution in [3.8, 4) is 0 Å². The van der Waals surface area contributed by atoms with Crippen LogP contribution in [0.25, 0.3) is 0 Å². The van der Waals surface area contributed by atoms with Crippen molar-refractivity contribution in [2.75, 3.05) is 26.8 Å². The summed E-state index contributed by atoms with van der Waals surface area (Å²) in [5.41, 5.74) is 0.0181. The summed E-state index contributed by atoms with van der Waals surface area (Å²) < 4.78 is 6.62. The van der Waals surface area contributed by atoms with Gasteiger partial charge in [-0.3, -0.25) is 14.4 Å². The Balaban J connectivity index is 2.27. The van der Waals surface area contributed by atoms with Gasteiger partial charge in [-0.2, -0.15) is 0 Å². The normalized spacial score (nSPS) is 18.7. The highest BCUT2D eigenvalue weighted by Gasteiger charge is 2.32. The van der Waals surface area contributed by atoms with Crippen molar-refractivity contribution >= 4 is 11.8 Å². The minimum Gasteiger partial charge on any atom is -0.377 e. The van der Waals surface area contributed by atoms with Gasteiger partial charge in [0.05, 0.1) is 13.2 Å². The van der Waals surface area contributed by atoms with Gasteiger partial charge < -0.3 is 19.5 Å². The van der Waals surface area contributed by atoms with E-state index in [1.54, 1.807) is 13.1 Å². The zero-order valence-electron chi connectivity index (χ0n) is 11.5. The maximum absolute atomic E-state index is 12.4. The molecule has 0 radical (unpaired) electrons. The summed E-state index contributed by atoms with van der Waals surface area (Å²) in [4.78, 5) is 37.2. The number of nitrogens with zero attached hydrogens (tertiary/aromatic N) is 2. The molecule has 7 heteroatoms. The molecular formula is C13H17N3O4. The lowest BCUT2D eigenvalue weighted by Crippen LogP contribution is -2.55. The van der Waals surface area contributed by atoms with E-state index in [2.05, 4.69) is 5.32 Å². The molecule has 1 aromatic rings. The highest BCUT2D eigenvalue weighted by atomic mass is 16.5. The maximum Gasteiger partial charge on any atom is 0.254 e. The lowest BCUT2D eigenvalue weighted by molar-refractivity contribution is -0.130. The topological polar surface area (TPSA) is 80.6 Å². The first-order chi connectivity index (χ1) is 9.54. The molecule has 2 heterocycles. The minimum absolute atomic E-state index is 0.163. The summed E-state index contributed by atoms with van der Waals surface area (Å²) in [6.07, 6.45) is 1.53. The van der Waals surface area contributed by atoms with Crippen LogP contribution >= 0.6 is 0 Å². The van der Waals surface area contributed by atoms with Gasteiger partial charge in [-0.05, 0) is 6.07 Å². The Morgan fingerprint density at radius 1 is 1.45 bits per heavy atom. The maximum atomic E-state index is 12.4. The van der Waals surface area contributed by atoms with Crippen LogP contribution in [0.4, 0.5) is 0 Å². The number of amides is 2. The van der Waals surface area contributed by atoms with Crippen LogP contribution in [0.15, 0.2) is 23.1 Å². The molecule has 1 aliphatic heterocycles. The monoisotopic (exact) mass is 279 g/mol. The van der Waals surface area contributed by atoms with E-state index < -0.39 is 6.04 Å². The summed E-state index contributed by atoms with van der Waals surface area (Å²) in [5, 5.41) is 2.51. The number of pyridine rings is 1. The number of hydrogen-bond acceptors (Lipinski definition) is 4. The average Bonchev–Trinajstić information content (AvgIpc) is 2.48. The van der Waals surface area contributed by atoms with Gasteiger partial charge in [-0.1, -0.05) is 0 Å².